The van der Waals surface area contributed by atoms with E-state index in [1.807, 2.05) is 0 Å². The van der Waals surface area contributed by atoms with Crippen molar-refractivity contribution in [1.82, 2.24) is 0 Å². The molecule has 0 radical (unpaired) electrons. The summed E-state index contributed by atoms with van der Waals surface area (Å²) in [5, 5.41) is 11.1. The van der Waals surface area contributed by atoms with Crippen LogP contribution in [-0.2, 0) is 0 Å². The van der Waals surface area contributed by atoms with Crippen molar-refractivity contribution in [3.8, 4) is 0 Å². The van der Waals surface area contributed by atoms with Gasteiger partial charge < -0.3 is 0 Å². The second-order valence-corrected chi connectivity index (χ2v) is 6.30. The fourth-order valence-corrected chi connectivity index (χ4v) is 4.09. The Morgan fingerprint density at radius 2 is 1.14 bits per heavy atom. The molecule has 0 N–H and O–H groups in total. The highest BCUT2D eigenvalue weighted by Gasteiger charge is 2.14. The minimum atomic E-state index is 1.34. The molecule has 5 aromatic carbocycles. The molecule has 0 unspecified atom stereocenters. The van der Waals surface area contributed by atoms with Gasteiger partial charge >= 0.3 is 0 Å². The zero-order valence-electron chi connectivity index (χ0n) is 12.8. The maximum Gasteiger partial charge on any atom is -0.00176 e. The van der Waals surface area contributed by atoms with Gasteiger partial charge in [0, 0.05) is 0 Å². The van der Waals surface area contributed by atoms with Crippen LogP contribution in [0, 0.1) is 13.8 Å². The summed E-state index contributed by atoms with van der Waals surface area (Å²) in [6, 6.07) is 22.4. The van der Waals surface area contributed by atoms with Gasteiger partial charge in [-0.25, -0.2) is 0 Å². The number of hydrogen-bond donors (Lipinski definition) is 0. The molecular weight excluding hydrogens is 264 g/mol. The van der Waals surface area contributed by atoms with E-state index in [4.69, 9.17) is 0 Å². The first-order valence-corrected chi connectivity index (χ1v) is 7.81. The molecule has 0 aliphatic heterocycles. The van der Waals surface area contributed by atoms with Gasteiger partial charge in [-0.3, -0.25) is 0 Å². The van der Waals surface area contributed by atoms with E-state index in [2.05, 4.69) is 74.5 Å². The average molecular weight is 280 g/mol. The van der Waals surface area contributed by atoms with Crippen LogP contribution in [0.1, 0.15) is 11.1 Å². The minimum Gasteiger partial charge on any atom is -0.0614 e. The highest BCUT2D eigenvalue weighted by atomic mass is 14.2. The van der Waals surface area contributed by atoms with E-state index in [1.54, 1.807) is 0 Å². The zero-order chi connectivity index (χ0) is 14.8. The molecule has 22 heavy (non-hydrogen) atoms. The molecule has 0 saturated carbocycles. The largest absolute Gasteiger partial charge is 0.0614 e. The molecule has 5 rings (SSSR count). The van der Waals surface area contributed by atoms with Crippen LogP contribution in [0.3, 0.4) is 0 Å². The Labute approximate surface area is 129 Å². The Hall–Kier alpha value is -2.60. The maximum atomic E-state index is 2.30. The predicted octanol–water partition coefficient (Wildman–Crippen LogP) is 6.35. The molecule has 0 heterocycles. The Balaban J connectivity index is 2.26. The van der Waals surface area contributed by atoms with Crippen molar-refractivity contribution in [3.05, 3.63) is 71.8 Å². The van der Waals surface area contributed by atoms with Gasteiger partial charge in [0.1, 0.15) is 0 Å². The first kappa shape index (κ1) is 12.0. The van der Waals surface area contributed by atoms with Crippen LogP contribution in [0.4, 0.5) is 0 Å². The Bertz CT molecular complexity index is 1160. The molecule has 0 aliphatic rings. The fraction of sp³-hybridized carbons (Fsp3) is 0.0909. The zero-order valence-corrected chi connectivity index (χ0v) is 12.8. The molecule has 0 saturated heterocycles. The summed E-state index contributed by atoms with van der Waals surface area (Å²) in [5.41, 5.74) is 2.75. The lowest BCUT2D eigenvalue weighted by Gasteiger charge is -2.16. The van der Waals surface area contributed by atoms with E-state index in [0.29, 0.717) is 0 Å². The van der Waals surface area contributed by atoms with Gasteiger partial charge in [0.25, 0.3) is 0 Å². The molecule has 0 nitrogen and oxygen atoms in total. The fourth-order valence-electron chi connectivity index (χ4n) is 4.09. The summed E-state index contributed by atoms with van der Waals surface area (Å²) in [7, 11) is 0. The van der Waals surface area contributed by atoms with Gasteiger partial charge in [-0.05, 0) is 68.1 Å². The van der Waals surface area contributed by atoms with Crippen molar-refractivity contribution < 1.29 is 0 Å². The summed E-state index contributed by atoms with van der Waals surface area (Å²) < 4.78 is 0. The summed E-state index contributed by atoms with van der Waals surface area (Å²) in [5.74, 6) is 0. The van der Waals surface area contributed by atoms with Crippen molar-refractivity contribution >= 4 is 43.1 Å². The molecule has 0 fully saturated rings. The monoisotopic (exact) mass is 280 g/mol. The third-order valence-electron chi connectivity index (χ3n) is 5.13. The number of benzene rings is 5. The number of fused-ring (bicyclic) bond motifs is 2. The lowest BCUT2D eigenvalue weighted by molar-refractivity contribution is 1.52. The minimum absolute atomic E-state index is 1.34. The van der Waals surface area contributed by atoms with Crippen LogP contribution < -0.4 is 0 Å². The van der Waals surface area contributed by atoms with E-state index >= 15 is 0 Å². The van der Waals surface area contributed by atoms with Gasteiger partial charge in [-0.2, -0.15) is 0 Å². The molecule has 0 bridgehead atoms. The highest BCUT2D eigenvalue weighted by Crippen LogP contribution is 2.41. The standard InChI is InChI=1S/C22H16/c1-13-5-3-8-17-14(2)18-11-9-15-6-4-7-16-10-12-19(20(13)17)22(18)21(15)16/h3-12H,1-2H3. The summed E-state index contributed by atoms with van der Waals surface area (Å²) in [6.45, 7) is 4.48. The molecule has 0 aromatic heterocycles. The number of aryl methyl sites for hydroxylation is 2. The SMILES string of the molecule is Cc1c2cccc(C)c2c2ccc3cccc4ccc1c2c43. The Morgan fingerprint density at radius 1 is 0.500 bits per heavy atom. The number of hydrogen-bond acceptors (Lipinski definition) is 0. The molecule has 0 atom stereocenters. The van der Waals surface area contributed by atoms with E-state index < -0.39 is 0 Å². The molecule has 0 aliphatic carbocycles. The van der Waals surface area contributed by atoms with Crippen LogP contribution in [-0.4, -0.2) is 0 Å². The second kappa shape index (κ2) is 3.98. The van der Waals surface area contributed by atoms with Gasteiger partial charge in [0.2, 0.25) is 0 Å². The van der Waals surface area contributed by atoms with Crippen molar-refractivity contribution in [2.45, 2.75) is 13.8 Å². The molecule has 0 heteroatoms. The molecule has 104 valence electrons. The summed E-state index contributed by atoms with van der Waals surface area (Å²) in [6.07, 6.45) is 0. The van der Waals surface area contributed by atoms with Crippen molar-refractivity contribution in [1.29, 1.82) is 0 Å². The van der Waals surface area contributed by atoms with E-state index in [-0.39, 0.29) is 0 Å². The van der Waals surface area contributed by atoms with Crippen molar-refractivity contribution in [2.75, 3.05) is 0 Å². The maximum absolute atomic E-state index is 2.30. The Morgan fingerprint density at radius 3 is 1.91 bits per heavy atom. The van der Waals surface area contributed by atoms with Gasteiger partial charge in [0.05, 0.1) is 0 Å². The summed E-state index contributed by atoms with van der Waals surface area (Å²) >= 11 is 0. The van der Waals surface area contributed by atoms with Gasteiger partial charge in [0.15, 0.2) is 0 Å². The molecular formula is C22H16. The normalized spacial score (nSPS) is 12.1. The topological polar surface area (TPSA) is 0 Å². The van der Waals surface area contributed by atoms with E-state index in [1.165, 1.54) is 54.2 Å². The van der Waals surface area contributed by atoms with Crippen LogP contribution in [0.15, 0.2) is 60.7 Å². The number of rotatable bonds is 0. The Kier molecular flexibility index (Phi) is 2.17. The van der Waals surface area contributed by atoms with Crippen LogP contribution in [0.25, 0.3) is 43.1 Å². The highest BCUT2D eigenvalue weighted by molar-refractivity contribution is 6.30. The second-order valence-electron chi connectivity index (χ2n) is 6.30. The summed E-state index contributed by atoms with van der Waals surface area (Å²) in [4.78, 5) is 0. The van der Waals surface area contributed by atoms with Crippen molar-refractivity contribution in [2.24, 2.45) is 0 Å². The third-order valence-corrected chi connectivity index (χ3v) is 5.13. The van der Waals surface area contributed by atoms with Crippen LogP contribution >= 0.6 is 0 Å². The lowest BCUT2D eigenvalue weighted by Crippen LogP contribution is -1.90. The van der Waals surface area contributed by atoms with Crippen molar-refractivity contribution in [3.63, 3.8) is 0 Å². The van der Waals surface area contributed by atoms with E-state index in [9.17, 15) is 0 Å². The molecule has 0 spiro atoms. The first-order valence-electron chi connectivity index (χ1n) is 7.81. The average Bonchev–Trinajstić information content (AvgIpc) is 2.55. The molecule has 5 aromatic rings. The predicted molar refractivity (Wildman–Crippen MR) is 97.1 cm³/mol. The van der Waals surface area contributed by atoms with Crippen LogP contribution in [0.5, 0.6) is 0 Å². The van der Waals surface area contributed by atoms with Gasteiger partial charge in [-0.1, -0.05) is 60.7 Å². The smallest absolute Gasteiger partial charge is 0.00176 e. The van der Waals surface area contributed by atoms with E-state index in [0.717, 1.165) is 0 Å². The quantitative estimate of drug-likeness (QED) is 0.229. The van der Waals surface area contributed by atoms with Crippen LogP contribution in [0.2, 0.25) is 0 Å². The third kappa shape index (κ3) is 1.33. The first-order chi connectivity index (χ1) is 10.8. The van der Waals surface area contributed by atoms with Gasteiger partial charge in [-0.15, -0.1) is 0 Å². The lowest BCUT2D eigenvalue weighted by atomic mass is 9.87. The molecule has 0 amide bonds.